The van der Waals surface area contributed by atoms with Crippen LogP contribution in [0.2, 0.25) is 0 Å². The molecule has 0 bridgehead atoms. The van der Waals surface area contributed by atoms with E-state index in [1.807, 2.05) is 0 Å². The molecule has 5 nitrogen and oxygen atoms in total. The van der Waals surface area contributed by atoms with Gasteiger partial charge in [-0.3, -0.25) is 14.9 Å². The van der Waals surface area contributed by atoms with Crippen molar-refractivity contribution in [3.63, 3.8) is 0 Å². The first-order chi connectivity index (χ1) is 11.0. The Morgan fingerprint density at radius 2 is 1.70 bits per heavy atom. The summed E-state index contributed by atoms with van der Waals surface area (Å²) in [5, 5.41) is 5.30. The van der Waals surface area contributed by atoms with Crippen LogP contribution in [0.4, 0.5) is 8.78 Å². The number of amides is 2. The lowest BCUT2D eigenvalue weighted by atomic mass is 9.89. The highest BCUT2D eigenvalue weighted by Gasteiger charge is 2.29. The number of hydrogen-bond donors (Lipinski definition) is 2. The van der Waals surface area contributed by atoms with E-state index in [2.05, 4.69) is 10.6 Å². The van der Waals surface area contributed by atoms with Crippen LogP contribution in [-0.2, 0) is 9.59 Å². The summed E-state index contributed by atoms with van der Waals surface area (Å²) in [6, 6.07) is 2.23. The van der Waals surface area contributed by atoms with E-state index in [1.54, 1.807) is 0 Å². The Balaban J connectivity index is 1.76. The van der Waals surface area contributed by atoms with Gasteiger partial charge in [-0.1, -0.05) is 0 Å². The fourth-order valence-electron chi connectivity index (χ4n) is 3.08. The largest absolute Gasteiger partial charge is 0.480 e. The highest BCUT2D eigenvalue weighted by atomic mass is 19.1. The van der Waals surface area contributed by atoms with Crippen molar-refractivity contribution in [2.45, 2.75) is 37.7 Å². The van der Waals surface area contributed by atoms with Crippen molar-refractivity contribution in [2.24, 2.45) is 0 Å². The Labute approximate surface area is 132 Å². The van der Waals surface area contributed by atoms with Crippen LogP contribution < -0.4 is 15.4 Å². The number of imide groups is 1. The minimum atomic E-state index is -0.906. The van der Waals surface area contributed by atoms with Gasteiger partial charge in [0.2, 0.25) is 5.91 Å². The van der Waals surface area contributed by atoms with E-state index in [1.165, 1.54) is 0 Å². The Morgan fingerprint density at radius 3 is 2.30 bits per heavy atom. The molecule has 0 saturated carbocycles. The smallest absolute Gasteiger partial charge is 0.267 e. The van der Waals surface area contributed by atoms with Crippen molar-refractivity contribution in [1.29, 1.82) is 0 Å². The Bertz CT molecular complexity index is 607. The number of benzene rings is 1. The number of carbonyl (C=O) groups excluding carboxylic acids is 2. The third kappa shape index (κ3) is 3.50. The molecule has 0 spiro atoms. The van der Waals surface area contributed by atoms with Crippen molar-refractivity contribution in [2.75, 3.05) is 13.1 Å². The molecule has 2 N–H and O–H groups in total. The van der Waals surface area contributed by atoms with Gasteiger partial charge in [-0.2, -0.15) is 0 Å². The molecule has 3 rings (SSSR count). The molecule has 1 aromatic rings. The molecule has 0 aromatic heterocycles. The SMILES string of the molecule is O=C1CCC(Oc2cc(F)c(C3CCNCC3)c(F)c2)C(=O)N1. The van der Waals surface area contributed by atoms with E-state index in [-0.39, 0.29) is 36.0 Å². The maximum atomic E-state index is 14.3. The molecule has 2 heterocycles. The number of nitrogens with one attached hydrogen (secondary N) is 2. The zero-order chi connectivity index (χ0) is 16.4. The number of rotatable bonds is 3. The predicted molar refractivity (Wildman–Crippen MR) is 78.0 cm³/mol. The molecular weight excluding hydrogens is 306 g/mol. The molecule has 2 aliphatic rings. The average Bonchev–Trinajstić information content (AvgIpc) is 2.50. The summed E-state index contributed by atoms with van der Waals surface area (Å²) in [6.07, 6.45) is 0.803. The van der Waals surface area contributed by atoms with Crippen LogP contribution in [0.1, 0.15) is 37.2 Å². The van der Waals surface area contributed by atoms with Crippen LogP contribution >= 0.6 is 0 Å². The number of piperidine rings is 2. The standard InChI is InChI=1S/C16H18F2N2O3/c17-11-7-10(23-13-1-2-14(21)20-16(13)22)8-12(18)15(11)9-3-5-19-6-4-9/h7-9,13,19H,1-6H2,(H,20,21,22). The van der Waals surface area contributed by atoms with Crippen molar-refractivity contribution in [3.8, 4) is 5.75 Å². The maximum absolute atomic E-state index is 14.3. The van der Waals surface area contributed by atoms with Crippen molar-refractivity contribution in [3.05, 3.63) is 29.3 Å². The van der Waals surface area contributed by atoms with Crippen molar-refractivity contribution < 1.29 is 23.1 Å². The summed E-state index contributed by atoms with van der Waals surface area (Å²) in [4.78, 5) is 22.7. The van der Waals surface area contributed by atoms with E-state index < -0.39 is 23.6 Å². The molecule has 124 valence electrons. The quantitative estimate of drug-likeness (QED) is 0.829. The molecule has 1 aromatic carbocycles. The zero-order valence-electron chi connectivity index (χ0n) is 12.5. The van der Waals surface area contributed by atoms with Gasteiger partial charge in [-0.05, 0) is 31.8 Å². The fraction of sp³-hybridized carbons (Fsp3) is 0.500. The summed E-state index contributed by atoms with van der Waals surface area (Å²) >= 11 is 0. The first kappa shape index (κ1) is 15.9. The second-order valence-electron chi connectivity index (χ2n) is 5.88. The molecule has 1 atom stereocenters. The fourth-order valence-corrected chi connectivity index (χ4v) is 3.08. The number of ether oxygens (including phenoxy) is 1. The third-order valence-electron chi connectivity index (χ3n) is 4.27. The highest BCUT2D eigenvalue weighted by Crippen LogP contribution is 2.32. The third-order valence-corrected chi connectivity index (χ3v) is 4.27. The van der Waals surface area contributed by atoms with Gasteiger partial charge in [0.25, 0.3) is 5.91 Å². The van der Waals surface area contributed by atoms with Gasteiger partial charge >= 0.3 is 0 Å². The Kier molecular flexibility index (Phi) is 4.56. The van der Waals surface area contributed by atoms with Gasteiger partial charge in [0.05, 0.1) is 0 Å². The van der Waals surface area contributed by atoms with Crippen LogP contribution in [0.3, 0.4) is 0 Å². The highest BCUT2D eigenvalue weighted by molar-refractivity contribution is 5.99. The summed E-state index contributed by atoms with van der Waals surface area (Å²) in [5.41, 5.74) is 0.0853. The molecule has 1 unspecified atom stereocenters. The van der Waals surface area contributed by atoms with Gasteiger partial charge < -0.3 is 10.1 Å². The van der Waals surface area contributed by atoms with Crippen LogP contribution in [0, 0.1) is 11.6 Å². The predicted octanol–water partition coefficient (Wildman–Crippen LogP) is 1.62. The first-order valence-electron chi connectivity index (χ1n) is 7.74. The van der Waals surface area contributed by atoms with Gasteiger partial charge in [-0.15, -0.1) is 0 Å². The van der Waals surface area contributed by atoms with Crippen molar-refractivity contribution >= 4 is 11.8 Å². The van der Waals surface area contributed by atoms with Crippen LogP contribution in [-0.4, -0.2) is 31.0 Å². The van der Waals surface area contributed by atoms with Gasteiger partial charge in [0.15, 0.2) is 6.10 Å². The summed E-state index contributed by atoms with van der Waals surface area (Å²) in [6.45, 7) is 1.47. The molecule has 0 radical (unpaired) electrons. The maximum Gasteiger partial charge on any atom is 0.267 e. The topological polar surface area (TPSA) is 67.4 Å². The molecule has 2 aliphatic heterocycles. The minimum Gasteiger partial charge on any atom is -0.480 e. The molecule has 2 amide bonds. The average molecular weight is 324 g/mol. The van der Waals surface area contributed by atoms with E-state index >= 15 is 0 Å². The van der Waals surface area contributed by atoms with E-state index in [0.717, 1.165) is 25.2 Å². The summed E-state index contributed by atoms with van der Waals surface area (Å²) < 4.78 is 34.0. The summed E-state index contributed by atoms with van der Waals surface area (Å²) in [5.74, 6) is -2.44. The zero-order valence-corrected chi connectivity index (χ0v) is 12.5. The molecule has 0 aliphatic carbocycles. The van der Waals surface area contributed by atoms with Gasteiger partial charge in [0, 0.05) is 30.5 Å². The second-order valence-corrected chi connectivity index (χ2v) is 5.88. The minimum absolute atomic E-state index is 0.0350. The Hall–Kier alpha value is -2.02. The Morgan fingerprint density at radius 1 is 1.04 bits per heavy atom. The van der Waals surface area contributed by atoms with E-state index in [9.17, 15) is 18.4 Å². The lowest BCUT2D eigenvalue weighted by Gasteiger charge is -2.25. The normalized spacial score (nSPS) is 22.8. The molecule has 2 fully saturated rings. The first-order valence-corrected chi connectivity index (χ1v) is 7.74. The molecule has 7 heteroatoms. The molecule has 23 heavy (non-hydrogen) atoms. The van der Waals surface area contributed by atoms with E-state index in [0.29, 0.717) is 12.8 Å². The van der Waals surface area contributed by atoms with E-state index in [4.69, 9.17) is 4.74 Å². The summed E-state index contributed by atoms with van der Waals surface area (Å²) in [7, 11) is 0. The van der Waals surface area contributed by atoms with Gasteiger partial charge in [0.1, 0.15) is 17.4 Å². The molecule has 2 saturated heterocycles. The number of carbonyl (C=O) groups is 2. The van der Waals surface area contributed by atoms with Gasteiger partial charge in [-0.25, -0.2) is 8.78 Å². The van der Waals surface area contributed by atoms with Crippen molar-refractivity contribution in [1.82, 2.24) is 10.6 Å². The van der Waals surface area contributed by atoms with Crippen LogP contribution in [0.5, 0.6) is 5.75 Å². The molecular formula is C16H18F2N2O3. The lowest BCUT2D eigenvalue weighted by molar-refractivity contribution is -0.138. The van der Waals surface area contributed by atoms with Crippen LogP contribution in [0.15, 0.2) is 12.1 Å². The van der Waals surface area contributed by atoms with Crippen LogP contribution in [0.25, 0.3) is 0 Å². The number of halogens is 2. The second kappa shape index (κ2) is 6.62. The number of hydrogen-bond acceptors (Lipinski definition) is 4. The lowest BCUT2D eigenvalue weighted by Crippen LogP contribution is -2.46. The monoisotopic (exact) mass is 324 g/mol.